The summed E-state index contributed by atoms with van der Waals surface area (Å²) in [5.74, 6) is 0.769. The number of nitrogens with one attached hydrogen (secondary N) is 2. The maximum absolute atomic E-state index is 12.7. The fourth-order valence-corrected chi connectivity index (χ4v) is 4.34. The number of benzene rings is 2. The van der Waals surface area contributed by atoms with Gasteiger partial charge in [-0.1, -0.05) is 29.8 Å². The molecule has 0 amide bonds. The number of thiazole rings is 1. The Bertz CT molecular complexity index is 1310. The highest BCUT2D eigenvalue weighted by Gasteiger charge is 2.16. The Balaban J connectivity index is 1.81. The summed E-state index contributed by atoms with van der Waals surface area (Å²) >= 11 is 1.63. The normalized spacial score (nSPS) is 11.1. The van der Waals surface area contributed by atoms with Crippen LogP contribution in [0.4, 0.5) is 23.1 Å². The van der Waals surface area contributed by atoms with Crippen LogP contribution in [0.5, 0.6) is 0 Å². The summed E-state index contributed by atoms with van der Waals surface area (Å²) in [6.45, 7) is 9.05. The van der Waals surface area contributed by atoms with E-state index in [0.717, 1.165) is 32.0 Å². The van der Waals surface area contributed by atoms with E-state index in [0.29, 0.717) is 30.5 Å². The van der Waals surface area contributed by atoms with Crippen LogP contribution in [0.25, 0.3) is 10.2 Å². The Kier molecular flexibility index (Phi) is 5.65. The SMILES string of the molecule is CCNc1c(N)n(Cc2ccc(C)cc2)c(Nc2cc3sc(C)nc3cc2C)nc1=O. The van der Waals surface area contributed by atoms with Crippen LogP contribution in [0.15, 0.2) is 41.2 Å². The number of anilines is 4. The molecule has 0 saturated heterocycles. The first kappa shape index (κ1) is 20.9. The molecule has 0 aliphatic carbocycles. The summed E-state index contributed by atoms with van der Waals surface area (Å²) in [6, 6.07) is 12.3. The predicted octanol–water partition coefficient (Wildman–Crippen LogP) is 4.58. The summed E-state index contributed by atoms with van der Waals surface area (Å²) in [4.78, 5) is 21.6. The van der Waals surface area contributed by atoms with E-state index < -0.39 is 0 Å². The number of hydrogen-bond acceptors (Lipinski definition) is 7. The average Bonchev–Trinajstić information content (AvgIpc) is 3.08. The number of fused-ring (bicyclic) bond motifs is 1. The van der Waals surface area contributed by atoms with Crippen molar-refractivity contribution >= 4 is 44.7 Å². The number of aryl methyl sites for hydroxylation is 3. The highest BCUT2D eigenvalue weighted by Crippen LogP contribution is 2.30. The predicted molar refractivity (Wildman–Crippen MR) is 130 cm³/mol. The van der Waals surface area contributed by atoms with Crippen molar-refractivity contribution in [1.82, 2.24) is 14.5 Å². The molecule has 0 atom stereocenters. The molecular formula is C23H26N6OS. The van der Waals surface area contributed by atoms with Crippen LogP contribution in [-0.2, 0) is 6.54 Å². The first-order valence-corrected chi connectivity index (χ1v) is 11.0. The Morgan fingerprint density at radius 2 is 1.84 bits per heavy atom. The van der Waals surface area contributed by atoms with Crippen molar-refractivity contribution in [2.75, 3.05) is 22.9 Å². The molecule has 2 heterocycles. The van der Waals surface area contributed by atoms with E-state index in [1.165, 1.54) is 5.56 Å². The van der Waals surface area contributed by atoms with Gasteiger partial charge in [0.2, 0.25) is 5.95 Å². The second-order valence-electron chi connectivity index (χ2n) is 7.60. The van der Waals surface area contributed by atoms with E-state index in [-0.39, 0.29) is 5.56 Å². The number of aromatic nitrogens is 3. The van der Waals surface area contributed by atoms with Gasteiger partial charge in [0.25, 0.3) is 5.56 Å². The van der Waals surface area contributed by atoms with Crippen LogP contribution in [0.3, 0.4) is 0 Å². The average molecular weight is 435 g/mol. The number of hydrogen-bond donors (Lipinski definition) is 3. The molecule has 160 valence electrons. The van der Waals surface area contributed by atoms with Crippen LogP contribution in [0.1, 0.15) is 28.6 Å². The van der Waals surface area contributed by atoms with Crippen LogP contribution < -0.4 is 21.9 Å². The lowest BCUT2D eigenvalue weighted by Crippen LogP contribution is -2.24. The van der Waals surface area contributed by atoms with E-state index in [1.54, 1.807) is 11.3 Å². The number of rotatable bonds is 6. The molecule has 4 rings (SSSR count). The van der Waals surface area contributed by atoms with Gasteiger partial charge in [0.05, 0.1) is 21.8 Å². The number of nitrogens with two attached hydrogens (primary N) is 1. The molecule has 0 bridgehead atoms. The van der Waals surface area contributed by atoms with Gasteiger partial charge in [0.1, 0.15) is 11.5 Å². The molecule has 2 aromatic heterocycles. The van der Waals surface area contributed by atoms with Gasteiger partial charge in [-0.3, -0.25) is 9.36 Å². The first-order valence-electron chi connectivity index (χ1n) is 10.2. The summed E-state index contributed by atoms with van der Waals surface area (Å²) < 4.78 is 2.92. The monoisotopic (exact) mass is 434 g/mol. The third kappa shape index (κ3) is 4.25. The molecule has 2 aromatic carbocycles. The molecule has 4 aromatic rings. The van der Waals surface area contributed by atoms with Crippen LogP contribution in [0, 0.1) is 20.8 Å². The zero-order valence-corrected chi connectivity index (χ0v) is 18.9. The molecule has 8 heteroatoms. The molecule has 7 nitrogen and oxygen atoms in total. The fourth-order valence-electron chi connectivity index (χ4n) is 3.49. The highest BCUT2D eigenvalue weighted by molar-refractivity contribution is 7.18. The molecule has 0 saturated carbocycles. The molecule has 0 spiro atoms. The molecule has 0 radical (unpaired) electrons. The van der Waals surface area contributed by atoms with Crippen molar-refractivity contribution < 1.29 is 0 Å². The van der Waals surface area contributed by atoms with Crippen molar-refractivity contribution in [3.05, 3.63) is 68.4 Å². The molecule has 0 aliphatic heterocycles. The lowest BCUT2D eigenvalue weighted by atomic mass is 10.1. The third-order valence-electron chi connectivity index (χ3n) is 5.13. The topological polar surface area (TPSA) is 97.9 Å². The summed E-state index contributed by atoms with van der Waals surface area (Å²) in [6.07, 6.45) is 0. The van der Waals surface area contributed by atoms with E-state index in [1.807, 2.05) is 37.5 Å². The third-order valence-corrected chi connectivity index (χ3v) is 6.06. The van der Waals surface area contributed by atoms with Crippen LogP contribution in [-0.4, -0.2) is 21.1 Å². The van der Waals surface area contributed by atoms with Crippen molar-refractivity contribution in [3.63, 3.8) is 0 Å². The minimum absolute atomic E-state index is 0.324. The zero-order valence-electron chi connectivity index (χ0n) is 18.1. The Hall–Kier alpha value is -3.39. The van der Waals surface area contributed by atoms with Gasteiger partial charge in [-0.05, 0) is 51.0 Å². The summed E-state index contributed by atoms with van der Waals surface area (Å²) in [5.41, 5.74) is 11.5. The van der Waals surface area contributed by atoms with Crippen LogP contribution >= 0.6 is 11.3 Å². The van der Waals surface area contributed by atoms with Gasteiger partial charge < -0.3 is 16.4 Å². The maximum Gasteiger partial charge on any atom is 0.300 e. The summed E-state index contributed by atoms with van der Waals surface area (Å²) in [7, 11) is 0. The largest absolute Gasteiger partial charge is 0.383 e. The van der Waals surface area contributed by atoms with Crippen molar-refractivity contribution in [2.24, 2.45) is 0 Å². The Labute approximate surface area is 185 Å². The van der Waals surface area contributed by atoms with E-state index in [4.69, 9.17) is 5.73 Å². The van der Waals surface area contributed by atoms with E-state index >= 15 is 0 Å². The molecule has 0 aliphatic rings. The Morgan fingerprint density at radius 3 is 2.55 bits per heavy atom. The van der Waals surface area contributed by atoms with Crippen LogP contribution in [0.2, 0.25) is 0 Å². The lowest BCUT2D eigenvalue weighted by Gasteiger charge is -2.20. The minimum Gasteiger partial charge on any atom is -0.383 e. The van der Waals surface area contributed by atoms with E-state index in [9.17, 15) is 4.79 Å². The second-order valence-corrected chi connectivity index (χ2v) is 8.83. The first-order chi connectivity index (χ1) is 14.9. The summed E-state index contributed by atoms with van der Waals surface area (Å²) in [5, 5.41) is 7.42. The van der Waals surface area contributed by atoms with Crippen molar-refractivity contribution in [2.45, 2.75) is 34.2 Å². The van der Waals surface area contributed by atoms with Crippen molar-refractivity contribution in [1.29, 1.82) is 0 Å². The molecular weight excluding hydrogens is 408 g/mol. The van der Waals surface area contributed by atoms with Gasteiger partial charge in [-0.25, -0.2) is 4.98 Å². The molecule has 4 N–H and O–H groups in total. The number of nitrogen functional groups attached to an aromatic ring is 1. The van der Waals surface area contributed by atoms with Gasteiger partial charge in [-0.15, -0.1) is 11.3 Å². The van der Waals surface area contributed by atoms with Gasteiger partial charge in [0, 0.05) is 12.2 Å². The highest BCUT2D eigenvalue weighted by atomic mass is 32.1. The van der Waals surface area contributed by atoms with Crippen molar-refractivity contribution in [3.8, 4) is 0 Å². The Morgan fingerprint density at radius 1 is 1.10 bits per heavy atom. The quantitative estimate of drug-likeness (QED) is 0.411. The molecule has 0 fully saturated rings. The van der Waals surface area contributed by atoms with Gasteiger partial charge in [-0.2, -0.15) is 4.98 Å². The standard InChI is InChI=1S/C23H26N6OS/c1-5-25-20-21(24)29(12-16-8-6-13(2)7-9-16)23(28-22(20)30)27-17-11-19-18(10-14(17)3)26-15(4)31-19/h6-11,25H,5,12,24H2,1-4H3,(H,27,28,30). The minimum atomic E-state index is -0.380. The van der Waals surface area contributed by atoms with Gasteiger partial charge in [0.15, 0.2) is 0 Å². The van der Waals surface area contributed by atoms with E-state index in [2.05, 4.69) is 51.8 Å². The maximum atomic E-state index is 12.7. The smallest absolute Gasteiger partial charge is 0.300 e. The van der Waals surface area contributed by atoms with Gasteiger partial charge >= 0.3 is 0 Å². The zero-order chi connectivity index (χ0) is 22.1. The lowest BCUT2D eigenvalue weighted by molar-refractivity contribution is 0.786. The molecule has 0 unspecified atom stereocenters. The molecule has 31 heavy (non-hydrogen) atoms. The second kappa shape index (κ2) is 8.39. The fraction of sp³-hybridized carbons (Fsp3) is 0.261. The number of nitrogens with zero attached hydrogens (tertiary/aromatic N) is 3.